The van der Waals surface area contributed by atoms with E-state index in [1.807, 2.05) is 12.1 Å². The Bertz CT molecular complexity index is 358. The van der Waals surface area contributed by atoms with Gasteiger partial charge in [-0.15, -0.1) is 0 Å². The third-order valence-corrected chi connectivity index (χ3v) is 4.13. The van der Waals surface area contributed by atoms with E-state index in [2.05, 4.69) is 31.3 Å². The Morgan fingerprint density at radius 2 is 1.89 bits per heavy atom. The molecule has 0 bridgehead atoms. The van der Waals surface area contributed by atoms with Crippen LogP contribution in [0.3, 0.4) is 0 Å². The van der Waals surface area contributed by atoms with Gasteiger partial charge in [-0.2, -0.15) is 0 Å². The van der Waals surface area contributed by atoms with Gasteiger partial charge in [0.15, 0.2) is 0 Å². The molecule has 18 heavy (non-hydrogen) atoms. The standard InChI is InChI=1S/C16H26N2/c1-12-5-3-4-6-16(12)18-13(2)11-14-7-9-15(17)10-8-14/h7-10,12-13,16,18H,3-6,11,17H2,1-2H3. The van der Waals surface area contributed by atoms with Crippen LogP contribution < -0.4 is 11.1 Å². The molecule has 3 unspecified atom stereocenters. The summed E-state index contributed by atoms with van der Waals surface area (Å²) in [4.78, 5) is 0. The lowest BCUT2D eigenvalue weighted by molar-refractivity contribution is 0.262. The van der Waals surface area contributed by atoms with Crippen LogP contribution in [0.1, 0.15) is 45.1 Å². The molecule has 0 aromatic heterocycles. The van der Waals surface area contributed by atoms with Gasteiger partial charge in [-0.25, -0.2) is 0 Å². The summed E-state index contributed by atoms with van der Waals surface area (Å²) in [6.07, 6.45) is 6.60. The summed E-state index contributed by atoms with van der Waals surface area (Å²) in [7, 11) is 0. The predicted molar refractivity (Wildman–Crippen MR) is 78.6 cm³/mol. The van der Waals surface area contributed by atoms with Gasteiger partial charge < -0.3 is 11.1 Å². The summed E-state index contributed by atoms with van der Waals surface area (Å²) >= 11 is 0. The van der Waals surface area contributed by atoms with E-state index in [1.54, 1.807) is 0 Å². The van der Waals surface area contributed by atoms with Gasteiger partial charge in [0.1, 0.15) is 0 Å². The first-order valence-electron chi connectivity index (χ1n) is 7.25. The first-order valence-corrected chi connectivity index (χ1v) is 7.25. The Morgan fingerprint density at radius 1 is 1.22 bits per heavy atom. The van der Waals surface area contributed by atoms with E-state index in [0.29, 0.717) is 12.1 Å². The van der Waals surface area contributed by atoms with Gasteiger partial charge in [0.05, 0.1) is 0 Å². The molecule has 0 radical (unpaired) electrons. The number of anilines is 1. The lowest BCUT2D eigenvalue weighted by atomic mass is 9.85. The zero-order valence-corrected chi connectivity index (χ0v) is 11.7. The highest BCUT2D eigenvalue weighted by Crippen LogP contribution is 2.24. The van der Waals surface area contributed by atoms with Crippen molar-refractivity contribution in [2.45, 2.75) is 58.0 Å². The van der Waals surface area contributed by atoms with Gasteiger partial charge in [-0.1, -0.05) is 31.9 Å². The van der Waals surface area contributed by atoms with Crippen LogP contribution in [0.5, 0.6) is 0 Å². The fraction of sp³-hybridized carbons (Fsp3) is 0.625. The van der Waals surface area contributed by atoms with E-state index in [0.717, 1.165) is 18.0 Å². The van der Waals surface area contributed by atoms with E-state index in [4.69, 9.17) is 5.73 Å². The molecule has 1 saturated carbocycles. The molecule has 2 rings (SSSR count). The van der Waals surface area contributed by atoms with Crippen molar-refractivity contribution in [2.75, 3.05) is 5.73 Å². The Hall–Kier alpha value is -1.02. The smallest absolute Gasteiger partial charge is 0.0314 e. The maximum atomic E-state index is 5.71. The summed E-state index contributed by atoms with van der Waals surface area (Å²) in [5.74, 6) is 0.826. The molecule has 1 aliphatic rings. The van der Waals surface area contributed by atoms with Crippen LogP contribution >= 0.6 is 0 Å². The molecule has 1 aromatic rings. The van der Waals surface area contributed by atoms with Crippen LogP contribution in [0.15, 0.2) is 24.3 Å². The van der Waals surface area contributed by atoms with Crippen LogP contribution in [0.25, 0.3) is 0 Å². The molecule has 0 saturated heterocycles. The van der Waals surface area contributed by atoms with Crippen LogP contribution in [0.2, 0.25) is 0 Å². The molecule has 0 spiro atoms. The summed E-state index contributed by atoms with van der Waals surface area (Å²) in [6, 6.07) is 9.51. The number of nitrogens with two attached hydrogens (primary N) is 1. The van der Waals surface area contributed by atoms with Gasteiger partial charge >= 0.3 is 0 Å². The van der Waals surface area contributed by atoms with Gasteiger partial charge in [0, 0.05) is 17.8 Å². The summed E-state index contributed by atoms with van der Waals surface area (Å²) in [6.45, 7) is 4.67. The van der Waals surface area contributed by atoms with Crippen molar-refractivity contribution in [2.24, 2.45) is 5.92 Å². The van der Waals surface area contributed by atoms with E-state index in [9.17, 15) is 0 Å². The normalized spacial score (nSPS) is 25.9. The third-order valence-electron chi connectivity index (χ3n) is 4.13. The quantitative estimate of drug-likeness (QED) is 0.799. The monoisotopic (exact) mass is 246 g/mol. The number of benzene rings is 1. The Kier molecular flexibility index (Phi) is 4.65. The largest absolute Gasteiger partial charge is 0.399 e. The number of hydrogen-bond acceptors (Lipinski definition) is 2. The fourth-order valence-electron chi connectivity index (χ4n) is 3.00. The van der Waals surface area contributed by atoms with Gasteiger partial charge in [0.2, 0.25) is 0 Å². The maximum Gasteiger partial charge on any atom is 0.0314 e. The fourth-order valence-corrected chi connectivity index (χ4v) is 3.00. The van der Waals surface area contributed by atoms with Crippen molar-refractivity contribution in [3.05, 3.63) is 29.8 Å². The molecule has 2 heteroatoms. The summed E-state index contributed by atoms with van der Waals surface area (Å²) in [5, 5.41) is 3.80. The van der Waals surface area contributed by atoms with Crippen molar-refractivity contribution in [1.82, 2.24) is 5.32 Å². The zero-order valence-electron chi connectivity index (χ0n) is 11.7. The summed E-state index contributed by atoms with van der Waals surface area (Å²) in [5.41, 5.74) is 7.93. The van der Waals surface area contributed by atoms with E-state index < -0.39 is 0 Å². The minimum Gasteiger partial charge on any atom is -0.399 e. The molecule has 1 aliphatic carbocycles. The Morgan fingerprint density at radius 3 is 2.56 bits per heavy atom. The van der Waals surface area contributed by atoms with Crippen LogP contribution in [0, 0.1) is 5.92 Å². The molecule has 1 fully saturated rings. The highest BCUT2D eigenvalue weighted by Gasteiger charge is 2.22. The van der Waals surface area contributed by atoms with Crippen molar-refractivity contribution in [3.8, 4) is 0 Å². The average molecular weight is 246 g/mol. The van der Waals surface area contributed by atoms with Crippen molar-refractivity contribution in [1.29, 1.82) is 0 Å². The minimum absolute atomic E-state index is 0.541. The van der Waals surface area contributed by atoms with Crippen molar-refractivity contribution in [3.63, 3.8) is 0 Å². The molecule has 3 atom stereocenters. The van der Waals surface area contributed by atoms with Crippen molar-refractivity contribution < 1.29 is 0 Å². The molecule has 2 nitrogen and oxygen atoms in total. The Balaban J connectivity index is 1.84. The van der Waals surface area contributed by atoms with Crippen molar-refractivity contribution >= 4 is 5.69 Å². The topological polar surface area (TPSA) is 38.0 Å². The molecular formula is C16H26N2. The first kappa shape index (κ1) is 13.4. The second-order valence-corrected chi connectivity index (χ2v) is 5.88. The lowest BCUT2D eigenvalue weighted by Gasteiger charge is -2.32. The van der Waals surface area contributed by atoms with Crippen LogP contribution in [0.4, 0.5) is 5.69 Å². The predicted octanol–water partition coefficient (Wildman–Crippen LogP) is 3.37. The van der Waals surface area contributed by atoms with E-state index in [1.165, 1.54) is 31.2 Å². The van der Waals surface area contributed by atoms with Crippen LogP contribution in [-0.4, -0.2) is 12.1 Å². The molecule has 1 aromatic carbocycles. The number of nitrogens with one attached hydrogen (secondary N) is 1. The number of rotatable bonds is 4. The Labute approximate surface area is 111 Å². The zero-order chi connectivity index (χ0) is 13.0. The van der Waals surface area contributed by atoms with Gasteiger partial charge in [-0.3, -0.25) is 0 Å². The molecule has 0 heterocycles. The molecule has 0 aliphatic heterocycles. The third kappa shape index (κ3) is 3.74. The minimum atomic E-state index is 0.541. The van der Waals surface area contributed by atoms with Gasteiger partial charge in [0.25, 0.3) is 0 Å². The number of nitrogen functional groups attached to an aromatic ring is 1. The SMILES string of the molecule is CC(Cc1ccc(N)cc1)NC1CCCCC1C. The summed E-state index contributed by atoms with van der Waals surface area (Å²) < 4.78 is 0. The maximum absolute atomic E-state index is 5.71. The van der Waals surface area contributed by atoms with E-state index >= 15 is 0 Å². The van der Waals surface area contributed by atoms with Gasteiger partial charge in [-0.05, 0) is 49.8 Å². The first-order chi connectivity index (χ1) is 8.65. The second-order valence-electron chi connectivity index (χ2n) is 5.88. The highest BCUT2D eigenvalue weighted by atomic mass is 14.9. The highest BCUT2D eigenvalue weighted by molar-refractivity contribution is 5.39. The molecular weight excluding hydrogens is 220 g/mol. The molecule has 100 valence electrons. The average Bonchev–Trinajstić information content (AvgIpc) is 2.35. The number of hydrogen-bond donors (Lipinski definition) is 2. The lowest BCUT2D eigenvalue weighted by Crippen LogP contribution is -2.43. The molecule has 0 amide bonds. The van der Waals surface area contributed by atoms with Crippen LogP contribution in [-0.2, 0) is 6.42 Å². The van der Waals surface area contributed by atoms with E-state index in [-0.39, 0.29) is 0 Å². The molecule has 3 N–H and O–H groups in total. The second kappa shape index (κ2) is 6.24.